The Morgan fingerprint density at radius 1 is 1.00 bits per heavy atom. The zero-order chi connectivity index (χ0) is 26.6. The minimum atomic E-state index is -4.04. The maximum Gasteiger partial charge on any atom is 0.264 e. The third kappa shape index (κ3) is 6.32. The highest BCUT2D eigenvalue weighted by Crippen LogP contribution is 2.26. The molecular weight excluding hydrogens is 510 g/mol. The molecule has 0 bridgehead atoms. The average Bonchev–Trinajstić information content (AvgIpc) is 3.28. The van der Waals surface area contributed by atoms with Crippen molar-refractivity contribution in [3.63, 3.8) is 0 Å². The average molecular weight is 540 g/mol. The number of nitrogens with one attached hydrogen (secondary N) is 1. The number of amides is 2. The van der Waals surface area contributed by atoms with Crippen molar-refractivity contribution >= 4 is 39.1 Å². The van der Waals surface area contributed by atoms with Crippen LogP contribution in [-0.4, -0.2) is 38.2 Å². The molecule has 0 atom stereocenters. The molecule has 0 radical (unpaired) electrons. The molecule has 1 N–H and O–H groups in total. The summed E-state index contributed by atoms with van der Waals surface area (Å²) in [6, 6.07) is 18.8. The molecule has 0 spiro atoms. The molecule has 3 aromatic carbocycles. The van der Waals surface area contributed by atoms with E-state index in [1.54, 1.807) is 12.1 Å². The van der Waals surface area contributed by atoms with Gasteiger partial charge >= 0.3 is 0 Å². The summed E-state index contributed by atoms with van der Waals surface area (Å²) in [6.07, 6.45) is 1.42. The first kappa shape index (κ1) is 26.7. The fraction of sp³-hybridized carbons (Fsp3) is 0.286. The van der Waals surface area contributed by atoms with Crippen LogP contribution < -0.4 is 9.62 Å². The van der Waals surface area contributed by atoms with Gasteiger partial charge in [0.1, 0.15) is 6.54 Å². The first-order chi connectivity index (χ1) is 17.6. The largest absolute Gasteiger partial charge is 0.350 e. The lowest BCUT2D eigenvalue weighted by Crippen LogP contribution is -2.40. The van der Waals surface area contributed by atoms with Crippen molar-refractivity contribution < 1.29 is 18.0 Å². The number of halogens is 1. The van der Waals surface area contributed by atoms with Crippen LogP contribution in [0.4, 0.5) is 5.69 Å². The van der Waals surface area contributed by atoms with Gasteiger partial charge in [0.25, 0.3) is 10.0 Å². The maximum absolute atomic E-state index is 13.6. The number of likely N-dealkylation sites (tertiary alicyclic amines) is 1. The predicted molar refractivity (Wildman–Crippen MR) is 145 cm³/mol. The number of hydrogen-bond acceptors (Lipinski definition) is 4. The summed E-state index contributed by atoms with van der Waals surface area (Å²) in [6.45, 7) is 4.89. The van der Waals surface area contributed by atoms with Crippen LogP contribution in [0.3, 0.4) is 0 Å². The fourth-order valence-electron chi connectivity index (χ4n) is 4.27. The summed E-state index contributed by atoms with van der Waals surface area (Å²) in [4.78, 5) is 27.0. The SMILES string of the molecule is Cc1ccc(N(CC(=O)NCc2ccccc2CN2CCCC2=O)S(=O)(=O)c2ccc(Cl)cc2)cc1C. The van der Waals surface area contributed by atoms with E-state index in [9.17, 15) is 18.0 Å². The zero-order valence-electron chi connectivity index (χ0n) is 20.9. The van der Waals surface area contributed by atoms with E-state index in [0.29, 0.717) is 23.7 Å². The third-order valence-electron chi connectivity index (χ3n) is 6.59. The molecule has 2 amide bonds. The Morgan fingerprint density at radius 2 is 1.70 bits per heavy atom. The quantitative estimate of drug-likeness (QED) is 0.431. The molecule has 0 aliphatic carbocycles. The Hall–Kier alpha value is -3.36. The number of carbonyl (C=O) groups excluding carboxylic acids is 2. The molecule has 1 aliphatic heterocycles. The lowest BCUT2D eigenvalue weighted by molar-refractivity contribution is -0.128. The molecule has 4 rings (SSSR count). The number of rotatable bonds is 9. The Morgan fingerprint density at radius 3 is 2.35 bits per heavy atom. The topological polar surface area (TPSA) is 86.8 Å². The highest BCUT2D eigenvalue weighted by Gasteiger charge is 2.28. The van der Waals surface area contributed by atoms with Crippen LogP contribution in [-0.2, 0) is 32.7 Å². The van der Waals surface area contributed by atoms with Gasteiger partial charge in [-0.3, -0.25) is 13.9 Å². The van der Waals surface area contributed by atoms with Crippen molar-refractivity contribution in [3.05, 3.63) is 94.0 Å². The van der Waals surface area contributed by atoms with Crippen molar-refractivity contribution in [1.29, 1.82) is 0 Å². The number of nitrogens with zero attached hydrogens (tertiary/aromatic N) is 2. The lowest BCUT2D eigenvalue weighted by Gasteiger charge is -2.25. The van der Waals surface area contributed by atoms with Gasteiger partial charge < -0.3 is 10.2 Å². The van der Waals surface area contributed by atoms with Crippen molar-refractivity contribution in [2.24, 2.45) is 0 Å². The summed E-state index contributed by atoms with van der Waals surface area (Å²) in [5, 5.41) is 3.28. The normalized spacial score (nSPS) is 13.6. The van der Waals surface area contributed by atoms with E-state index in [-0.39, 0.29) is 23.9 Å². The molecule has 0 saturated carbocycles. The van der Waals surface area contributed by atoms with E-state index in [0.717, 1.165) is 39.5 Å². The van der Waals surface area contributed by atoms with Crippen LogP contribution in [0.2, 0.25) is 5.02 Å². The zero-order valence-corrected chi connectivity index (χ0v) is 22.5. The Labute approximate surface area is 223 Å². The van der Waals surface area contributed by atoms with E-state index < -0.39 is 15.9 Å². The minimum absolute atomic E-state index is 0.0450. The highest BCUT2D eigenvalue weighted by atomic mass is 35.5. The van der Waals surface area contributed by atoms with Gasteiger partial charge in [0.15, 0.2) is 0 Å². The number of aryl methyl sites for hydroxylation is 2. The van der Waals surface area contributed by atoms with E-state index >= 15 is 0 Å². The summed E-state index contributed by atoms with van der Waals surface area (Å²) in [5.74, 6) is -0.307. The molecule has 0 unspecified atom stereocenters. The van der Waals surface area contributed by atoms with Gasteiger partial charge in [-0.25, -0.2) is 8.42 Å². The van der Waals surface area contributed by atoms with Crippen molar-refractivity contribution in [2.75, 3.05) is 17.4 Å². The predicted octanol–water partition coefficient (Wildman–Crippen LogP) is 4.59. The van der Waals surface area contributed by atoms with Gasteiger partial charge in [0.05, 0.1) is 10.6 Å². The smallest absolute Gasteiger partial charge is 0.264 e. The first-order valence-corrected chi connectivity index (χ1v) is 13.9. The molecule has 1 saturated heterocycles. The molecule has 3 aromatic rings. The van der Waals surface area contributed by atoms with Gasteiger partial charge in [-0.2, -0.15) is 0 Å². The summed E-state index contributed by atoms with van der Waals surface area (Å²) >= 11 is 5.96. The summed E-state index contributed by atoms with van der Waals surface area (Å²) < 4.78 is 28.3. The van der Waals surface area contributed by atoms with E-state index in [1.807, 2.05) is 49.1 Å². The number of carbonyl (C=O) groups is 2. The molecule has 7 nitrogen and oxygen atoms in total. The molecule has 1 aliphatic rings. The second kappa shape index (κ2) is 11.4. The third-order valence-corrected chi connectivity index (χ3v) is 8.63. The van der Waals surface area contributed by atoms with Gasteiger partial charge in [0.2, 0.25) is 11.8 Å². The number of anilines is 1. The molecule has 194 valence electrons. The van der Waals surface area contributed by atoms with Crippen LogP contribution in [0.1, 0.15) is 35.1 Å². The molecule has 37 heavy (non-hydrogen) atoms. The van der Waals surface area contributed by atoms with Crippen molar-refractivity contribution in [3.8, 4) is 0 Å². The summed E-state index contributed by atoms with van der Waals surface area (Å²) in [5.41, 5.74) is 4.18. The van der Waals surface area contributed by atoms with E-state index in [4.69, 9.17) is 11.6 Å². The van der Waals surface area contributed by atoms with Gasteiger partial charge in [-0.05, 0) is 78.9 Å². The second-order valence-corrected chi connectivity index (χ2v) is 11.5. The maximum atomic E-state index is 13.6. The van der Waals surface area contributed by atoms with Gasteiger partial charge in [-0.1, -0.05) is 41.9 Å². The van der Waals surface area contributed by atoms with Crippen LogP contribution in [0.15, 0.2) is 71.6 Å². The van der Waals surface area contributed by atoms with Gasteiger partial charge in [-0.15, -0.1) is 0 Å². The molecular formula is C28H30ClN3O4S. The van der Waals surface area contributed by atoms with Crippen LogP contribution in [0.25, 0.3) is 0 Å². The Kier molecular flexibility index (Phi) is 8.19. The standard InChI is InChI=1S/C28H30ClN3O4S/c1-20-9-12-25(16-21(20)2)32(37(35,36)26-13-10-24(29)11-14-26)19-27(33)30-17-22-6-3-4-7-23(22)18-31-15-5-8-28(31)34/h3-4,6-7,9-14,16H,5,8,15,17-19H2,1-2H3,(H,30,33). The first-order valence-electron chi connectivity index (χ1n) is 12.1. The molecule has 0 aromatic heterocycles. The lowest BCUT2D eigenvalue weighted by atomic mass is 10.1. The Balaban J connectivity index is 1.54. The highest BCUT2D eigenvalue weighted by molar-refractivity contribution is 7.92. The number of hydrogen-bond donors (Lipinski definition) is 1. The fourth-order valence-corrected chi connectivity index (χ4v) is 5.81. The molecule has 1 heterocycles. The van der Waals surface area contributed by atoms with Crippen LogP contribution in [0, 0.1) is 13.8 Å². The van der Waals surface area contributed by atoms with E-state index in [1.165, 1.54) is 24.3 Å². The monoisotopic (exact) mass is 539 g/mol. The van der Waals surface area contributed by atoms with Gasteiger partial charge in [0, 0.05) is 31.1 Å². The number of sulfonamides is 1. The molecule has 1 fully saturated rings. The minimum Gasteiger partial charge on any atom is -0.350 e. The van der Waals surface area contributed by atoms with Crippen LogP contribution >= 0.6 is 11.6 Å². The van der Waals surface area contributed by atoms with Crippen molar-refractivity contribution in [1.82, 2.24) is 10.2 Å². The Bertz CT molecular complexity index is 1410. The summed E-state index contributed by atoms with van der Waals surface area (Å²) in [7, 11) is -4.04. The van der Waals surface area contributed by atoms with E-state index in [2.05, 4.69) is 5.32 Å². The van der Waals surface area contributed by atoms with Crippen LogP contribution in [0.5, 0.6) is 0 Å². The second-order valence-electron chi connectivity index (χ2n) is 9.20. The molecule has 9 heteroatoms. The number of benzene rings is 3. The van der Waals surface area contributed by atoms with Crippen molar-refractivity contribution in [2.45, 2.75) is 44.7 Å².